The maximum atomic E-state index is 14.5. The van der Waals surface area contributed by atoms with Gasteiger partial charge in [-0.15, -0.1) is 0 Å². The van der Waals surface area contributed by atoms with Crippen LogP contribution < -0.4 is 22.0 Å². The first-order chi connectivity index (χ1) is 22.7. The van der Waals surface area contributed by atoms with E-state index in [2.05, 4.69) is 20.7 Å². The highest BCUT2D eigenvalue weighted by atomic mass is 35.5. The van der Waals surface area contributed by atoms with E-state index in [0.717, 1.165) is 27.0 Å². The van der Waals surface area contributed by atoms with Crippen LogP contribution in [0.3, 0.4) is 0 Å². The number of nitriles is 1. The molecule has 2 aliphatic heterocycles. The average Bonchev–Trinajstić information content (AvgIpc) is 3.42. The molecule has 6 aromatic rings. The Morgan fingerprint density at radius 1 is 1.04 bits per heavy atom. The SMILES string of the molecule is Cn1cc2c3c(c(Cl)cc2n1)Nc1nc(=O)n(c(=O)n1Cc1ccc(F)c(C#N)c1)-c1cccc2cccc(c12)CCC(=O)NCC3. The van der Waals surface area contributed by atoms with Gasteiger partial charge in [0.25, 0.3) is 0 Å². The molecule has 13 heteroatoms. The molecule has 4 heterocycles. The number of fused-ring (bicyclic) bond motifs is 8. The molecule has 2 N–H and O–H groups in total. The van der Waals surface area contributed by atoms with Crippen LogP contribution in [0.2, 0.25) is 5.02 Å². The molecule has 47 heavy (non-hydrogen) atoms. The Labute approximate surface area is 271 Å². The van der Waals surface area contributed by atoms with Crippen molar-refractivity contribution in [2.45, 2.75) is 25.8 Å². The molecule has 0 aliphatic carbocycles. The van der Waals surface area contributed by atoms with Gasteiger partial charge in [0.05, 0.1) is 34.0 Å². The largest absolute Gasteiger partial charge is 0.359 e. The molecule has 2 bridgehead atoms. The average molecular weight is 649 g/mol. The summed E-state index contributed by atoms with van der Waals surface area (Å²) in [7, 11) is 1.78. The maximum Gasteiger partial charge on any atom is 0.359 e. The van der Waals surface area contributed by atoms with E-state index in [1.54, 1.807) is 29.9 Å². The van der Waals surface area contributed by atoms with Crippen LogP contribution in [0.5, 0.6) is 0 Å². The second-order valence-electron chi connectivity index (χ2n) is 11.3. The molecule has 0 saturated heterocycles. The first kappa shape index (κ1) is 29.9. The van der Waals surface area contributed by atoms with Crippen LogP contribution in [0.1, 0.15) is 28.7 Å². The molecule has 0 atom stereocenters. The number of anilines is 2. The van der Waals surface area contributed by atoms with Crippen molar-refractivity contribution in [3.63, 3.8) is 0 Å². The van der Waals surface area contributed by atoms with Gasteiger partial charge in [0.1, 0.15) is 11.9 Å². The van der Waals surface area contributed by atoms with Crippen LogP contribution in [0, 0.1) is 17.1 Å². The van der Waals surface area contributed by atoms with E-state index in [4.69, 9.17) is 11.6 Å². The highest BCUT2D eigenvalue weighted by molar-refractivity contribution is 6.34. The molecule has 234 valence electrons. The van der Waals surface area contributed by atoms with Crippen LogP contribution >= 0.6 is 11.6 Å². The van der Waals surface area contributed by atoms with Crippen molar-refractivity contribution in [1.82, 2.24) is 29.2 Å². The molecule has 1 amide bonds. The zero-order valence-electron chi connectivity index (χ0n) is 25.1. The summed E-state index contributed by atoms with van der Waals surface area (Å²) in [5.74, 6) is -0.948. The molecule has 0 unspecified atom stereocenters. The Kier molecular flexibility index (Phi) is 7.54. The zero-order chi connectivity index (χ0) is 32.8. The van der Waals surface area contributed by atoms with Crippen LogP contribution in [0.4, 0.5) is 16.0 Å². The van der Waals surface area contributed by atoms with Gasteiger partial charge in [-0.05, 0) is 59.2 Å². The van der Waals surface area contributed by atoms with E-state index in [1.807, 2.05) is 36.5 Å². The normalized spacial score (nSPS) is 13.3. The minimum Gasteiger partial charge on any atom is -0.356 e. The number of hydrogen-bond donors (Lipinski definition) is 2. The summed E-state index contributed by atoms with van der Waals surface area (Å²) in [5.41, 5.74) is 1.49. The Morgan fingerprint density at radius 3 is 2.66 bits per heavy atom. The number of carbonyl (C=O) groups is 1. The van der Waals surface area contributed by atoms with Crippen LogP contribution in [0.25, 0.3) is 27.4 Å². The molecule has 0 fully saturated rings. The van der Waals surface area contributed by atoms with Crippen molar-refractivity contribution in [2.24, 2.45) is 7.05 Å². The minimum absolute atomic E-state index is 0.109. The van der Waals surface area contributed by atoms with Gasteiger partial charge in [-0.3, -0.25) is 14.0 Å². The molecule has 2 aliphatic rings. The fraction of sp³-hybridized carbons (Fsp3) is 0.176. The number of aryl methyl sites for hydroxylation is 2. The summed E-state index contributed by atoms with van der Waals surface area (Å²) < 4.78 is 18.2. The van der Waals surface area contributed by atoms with E-state index in [1.165, 1.54) is 16.7 Å². The van der Waals surface area contributed by atoms with Crippen molar-refractivity contribution < 1.29 is 9.18 Å². The Hall–Kier alpha value is -5.80. The van der Waals surface area contributed by atoms with E-state index in [9.17, 15) is 24.0 Å². The first-order valence-corrected chi connectivity index (χ1v) is 15.2. The number of amides is 1. The highest BCUT2D eigenvalue weighted by Gasteiger charge is 2.22. The van der Waals surface area contributed by atoms with Crippen molar-refractivity contribution in [2.75, 3.05) is 11.9 Å². The van der Waals surface area contributed by atoms with Gasteiger partial charge in [0.15, 0.2) is 0 Å². The molecule has 0 saturated carbocycles. The number of carbonyl (C=O) groups excluding carboxylic acids is 1. The van der Waals surface area contributed by atoms with Crippen LogP contribution in [0.15, 0.2) is 76.4 Å². The summed E-state index contributed by atoms with van der Waals surface area (Å²) in [5, 5.41) is 22.5. The zero-order valence-corrected chi connectivity index (χ0v) is 25.8. The Morgan fingerprint density at radius 2 is 1.85 bits per heavy atom. The summed E-state index contributed by atoms with van der Waals surface area (Å²) in [6.45, 7) is 0.131. The molecule has 4 aromatic carbocycles. The topological polar surface area (TPSA) is 140 Å². The third kappa shape index (κ3) is 5.40. The lowest BCUT2D eigenvalue weighted by Gasteiger charge is -2.20. The molecule has 8 rings (SSSR count). The van der Waals surface area contributed by atoms with Crippen molar-refractivity contribution in [3.8, 4) is 11.8 Å². The summed E-state index contributed by atoms with van der Waals surface area (Å²) in [6, 6.07) is 18.3. The van der Waals surface area contributed by atoms with E-state index >= 15 is 0 Å². The number of nitrogens with zero attached hydrogens (tertiary/aromatic N) is 6. The number of nitrogens with one attached hydrogen (secondary N) is 2. The lowest BCUT2D eigenvalue weighted by Crippen LogP contribution is -2.42. The van der Waals surface area contributed by atoms with Gasteiger partial charge in [-0.1, -0.05) is 48.0 Å². The molecular formula is C34H26ClFN8O3. The van der Waals surface area contributed by atoms with E-state index in [-0.39, 0.29) is 42.0 Å². The van der Waals surface area contributed by atoms with Crippen LogP contribution in [-0.2, 0) is 31.2 Å². The standard InChI is InChI=1S/C34H26ClFN8O3/c1-42-18-24-23-12-13-38-29(45)11-9-21-5-2-4-20-6-3-7-28(30(20)21)44-33(46)40-32(39-31(23)25(35)15-27(24)41-42)43(34(44)47)17-19-8-10-26(36)22(14-19)16-37/h2-8,10,14-15,18H,9,11-13,17H2,1H3,(H,38,45)(H,39,40,46). The van der Waals surface area contributed by atoms with Gasteiger partial charge in [-0.25, -0.2) is 18.5 Å². The van der Waals surface area contributed by atoms with Gasteiger partial charge in [-0.2, -0.15) is 15.3 Å². The molecule has 11 nitrogen and oxygen atoms in total. The van der Waals surface area contributed by atoms with Crippen molar-refractivity contribution in [3.05, 3.63) is 121 Å². The second kappa shape index (κ2) is 11.9. The molecular weight excluding hydrogens is 623 g/mol. The monoisotopic (exact) mass is 648 g/mol. The molecule has 0 spiro atoms. The fourth-order valence-electron chi connectivity index (χ4n) is 6.16. The minimum atomic E-state index is -0.835. The smallest absolute Gasteiger partial charge is 0.356 e. The van der Waals surface area contributed by atoms with Gasteiger partial charge in [0.2, 0.25) is 11.9 Å². The van der Waals surface area contributed by atoms with Gasteiger partial charge < -0.3 is 10.6 Å². The summed E-state index contributed by atoms with van der Waals surface area (Å²) in [4.78, 5) is 45.8. The van der Waals surface area contributed by atoms with Gasteiger partial charge >= 0.3 is 11.4 Å². The van der Waals surface area contributed by atoms with Crippen molar-refractivity contribution >= 4 is 50.8 Å². The fourth-order valence-corrected chi connectivity index (χ4v) is 6.42. The predicted octanol–water partition coefficient (Wildman–Crippen LogP) is 4.50. The number of hydrogen-bond acceptors (Lipinski definition) is 7. The Bertz CT molecular complexity index is 2420. The van der Waals surface area contributed by atoms with Gasteiger partial charge in [0, 0.05) is 37.0 Å². The summed E-state index contributed by atoms with van der Waals surface area (Å²) >= 11 is 6.81. The predicted molar refractivity (Wildman–Crippen MR) is 176 cm³/mol. The lowest BCUT2D eigenvalue weighted by molar-refractivity contribution is -0.121. The van der Waals surface area contributed by atoms with E-state index in [0.29, 0.717) is 46.2 Å². The molecule has 2 aromatic heterocycles. The maximum absolute atomic E-state index is 14.5. The van der Waals surface area contributed by atoms with Crippen LogP contribution in [-0.4, -0.2) is 36.4 Å². The second-order valence-corrected chi connectivity index (χ2v) is 11.7. The third-order valence-electron chi connectivity index (χ3n) is 8.31. The first-order valence-electron chi connectivity index (χ1n) is 14.8. The third-order valence-corrected chi connectivity index (χ3v) is 8.61. The number of rotatable bonds is 2. The number of benzene rings is 4. The van der Waals surface area contributed by atoms with Crippen molar-refractivity contribution in [1.29, 1.82) is 5.26 Å². The number of halogens is 2. The van der Waals surface area contributed by atoms with E-state index < -0.39 is 17.2 Å². The lowest BCUT2D eigenvalue weighted by atomic mass is 9.99. The quantitative estimate of drug-likeness (QED) is 0.282. The summed E-state index contributed by atoms with van der Waals surface area (Å²) in [6.07, 6.45) is 2.71. The number of aromatic nitrogens is 5. The Balaban J connectivity index is 1.52. The highest BCUT2D eigenvalue weighted by Crippen LogP contribution is 2.35. The molecule has 0 radical (unpaired) electrons.